The molecule has 2 aromatic carbocycles. The molecule has 0 heterocycles. The normalized spacial score (nSPS) is 10.4. The molecule has 0 bridgehead atoms. The Balaban J connectivity index is 1.85. The summed E-state index contributed by atoms with van der Waals surface area (Å²) in [6.45, 7) is 7.08. The number of nitrogens with one attached hydrogen (secondary N) is 2. The maximum absolute atomic E-state index is 5.95. The lowest BCUT2D eigenvalue weighted by Gasteiger charge is -2.13. The van der Waals surface area contributed by atoms with E-state index in [2.05, 4.69) is 42.7 Å². The maximum atomic E-state index is 5.95. The molecule has 0 aliphatic rings. The Morgan fingerprint density at radius 1 is 1.05 bits per heavy atom. The first kappa shape index (κ1) is 16.8. The summed E-state index contributed by atoms with van der Waals surface area (Å²) in [5, 5.41) is 7.83. The lowest BCUT2D eigenvalue weighted by molar-refractivity contribution is 0.867. The Kier molecular flexibility index (Phi) is 5.81. The highest BCUT2D eigenvalue weighted by atomic mass is 35.5. The Hall–Kier alpha value is -1.58. The van der Waals surface area contributed by atoms with Gasteiger partial charge in [0.15, 0.2) is 5.11 Å². The van der Waals surface area contributed by atoms with Crippen molar-refractivity contribution in [1.29, 1.82) is 0 Å². The third-order valence-electron chi connectivity index (χ3n) is 3.61. The minimum Gasteiger partial charge on any atom is -0.362 e. The van der Waals surface area contributed by atoms with E-state index in [1.807, 2.05) is 25.1 Å². The highest BCUT2D eigenvalue weighted by Gasteiger charge is 2.03. The molecule has 0 atom stereocenters. The van der Waals surface area contributed by atoms with Crippen LogP contribution >= 0.6 is 23.8 Å². The third-order valence-corrected chi connectivity index (χ3v) is 4.10. The van der Waals surface area contributed by atoms with Crippen LogP contribution in [0.2, 0.25) is 5.02 Å². The van der Waals surface area contributed by atoms with Gasteiger partial charge in [0.05, 0.1) is 0 Å². The van der Waals surface area contributed by atoms with Crippen molar-refractivity contribution in [3.05, 3.63) is 63.7 Å². The number of aryl methyl sites for hydroxylation is 3. The summed E-state index contributed by atoms with van der Waals surface area (Å²) in [6, 6.07) is 12.3. The van der Waals surface area contributed by atoms with Crippen LogP contribution < -0.4 is 10.6 Å². The fourth-order valence-corrected chi connectivity index (χ4v) is 2.81. The summed E-state index contributed by atoms with van der Waals surface area (Å²) in [5.41, 5.74) is 6.03. The Labute approximate surface area is 142 Å². The first-order valence-corrected chi connectivity index (χ1v) is 8.11. The topological polar surface area (TPSA) is 24.1 Å². The third kappa shape index (κ3) is 4.72. The van der Waals surface area contributed by atoms with Crippen molar-refractivity contribution in [3.8, 4) is 0 Å². The van der Waals surface area contributed by atoms with Crippen molar-refractivity contribution in [2.24, 2.45) is 0 Å². The van der Waals surface area contributed by atoms with Crippen LogP contribution in [0, 0.1) is 20.8 Å². The molecule has 0 saturated carbocycles. The number of thiocarbonyl (C=S) groups is 1. The van der Waals surface area contributed by atoms with Gasteiger partial charge in [0.1, 0.15) is 0 Å². The van der Waals surface area contributed by atoms with Crippen molar-refractivity contribution >= 4 is 34.6 Å². The van der Waals surface area contributed by atoms with E-state index in [1.54, 1.807) is 0 Å². The summed E-state index contributed by atoms with van der Waals surface area (Å²) in [4.78, 5) is 0. The van der Waals surface area contributed by atoms with Gasteiger partial charge in [-0.2, -0.15) is 0 Å². The van der Waals surface area contributed by atoms with E-state index >= 15 is 0 Å². The molecule has 22 heavy (non-hydrogen) atoms. The monoisotopic (exact) mass is 332 g/mol. The quantitative estimate of drug-likeness (QED) is 0.787. The molecular weight excluding hydrogens is 312 g/mol. The number of anilines is 1. The molecule has 2 nitrogen and oxygen atoms in total. The fourth-order valence-electron chi connectivity index (χ4n) is 2.37. The summed E-state index contributed by atoms with van der Waals surface area (Å²) >= 11 is 11.3. The Morgan fingerprint density at radius 3 is 2.50 bits per heavy atom. The highest BCUT2D eigenvalue weighted by molar-refractivity contribution is 7.80. The second-order valence-corrected chi connectivity index (χ2v) is 6.36. The highest BCUT2D eigenvalue weighted by Crippen LogP contribution is 2.19. The van der Waals surface area contributed by atoms with Gasteiger partial charge in [-0.05, 0) is 74.3 Å². The number of halogens is 1. The first-order chi connectivity index (χ1) is 10.5. The van der Waals surface area contributed by atoms with Crippen molar-refractivity contribution in [1.82, 2.24) is 5.32 Å². The number of hydrogen-bond donors (Lipinski definition) is 2. The zero-order chi connectivity index (χ0) is 16.1. The molecule has 2 aromatic rings. The van der Waals surface area contributed by atoms with Gasteiger partial charge in [0, 0.05) is 17.3 Å². The Morgan fingerprint density at radius 2 is 1.82 bits per heavy atom. The first-order valence-electron chi connectivity index (χ1n) is 7.33. The van der Waals surface area contributed by atoms with E-state index < -0.39 is 0 Å². The molecule has 0 aliphatic heterocycles. The van der Waals surface area contributed by atoms with Crippen LogP contribution in [0.5, 0.6) is 0 Å². The molecule has 0 spiro atoms. The maximum Gasteiger partial charge on any atom is 0.170 e. The predicted molar refractivity (Wildman–Crippen MR) is 100 cm³/mol. The minimum absolute atomic E-state index is 0.634. The minimum atomic E-state index is 0.634. The van der Waals surface area contributed by atoms with Crippen LogP contribution in [0.1, 0.15) is 22.3 Å². The largest absolute Gasteiger partial charge is 0.362 e. The van der Waals surface area contributed by atoms with Gasteiger partial charge >= 0.3 is 0 Å². The fraction of sp³-hybridized carbons (Fsp3) is 0.278. The molecule has 2 N–H and O–H groups in total. The van der Waals surface area contributed by atoms with E-state index in [-0.39, 0.29) is 0 Å². The predicted octanol–water partition coefficient (Wildman–Crippen LogP) is 4.79. The summed E-state index contributed by atoms with van der Waals surface area (Å²) < 4.78 is 0. The summed E-state index contributed by atoms with van der Waals surface area (Å²) in [5.74, 6) is 0. The van der Waals surface area contributed by atoms with Crippen LogP contribution in [0.3, 0.4) is 0 Å². The average molecular weight is 333 g/mol. The SMILES string of the molecule is Cc1ccc(CCNC(=S)Nc2ccc(Cl)cc2C)c(C)c1. The van der Waals surface area contributed by atoms with E-state index in [9.17, 15) is 0 Å². The van der Waals surface area contributed by atoms with Crippen molar-refractivity contribution in [3.63, 3.8) is 0 Å². The van der Waals surface area contributed by atoms with Crippen LogP contribution in [0.25, 0.3) is 0 Å². The number of hydrogen-bond acceptors (Lipinski definition) is 1. The number of rotatable bonds is 4. The lowest BCUT2D eigenvalue weighted by Crippen LogP contribution is -2.30. The molecule has 4 heteroatoms. The molecule has 0 amide bonds. The van der Waals surface area contributed by atoms with E-state index in [1.165, 1.54) is 16.7 Å². The van der Waals surface area contributed by atoms with Gasteiger partial charge in [-0.1, -0.05) is 35.4 Å². The van der Waals surface area contributed by atoms with Crippen molar-refractivity contribution < 1.29 is 0 Å². The zero-order valence-corrected chi connectivity index (χ0v) is 14.7. The second kappa shape index (κ2) is 7.61. The molecule has 0 aromatic heterocycles. The summed E-state index contributed by atoms with van der Waals surface area (Å²) in [6.07, 6.45) is 0.952. The second-order valence-electron chi connectivity index (χ2n) is 5.52. The van der Waals surface area contributed by atoms with Crippen LogP contribution in [0.15, 0.2) is 36.4 Å². The standard InChI is InChI=1S/C18H21ClN2S/c1-12-4-5-15(13(2)10-12)8-9-20-18(22)21-17-7-6-16(19)11-14(17)3/h4-7,10-11H,8-9H2,1-3H3,(H2,20,21,22). The van der Waals surface area contributed by atoms with E-state index in [0.29, 0.717) is 5.11 Å². The van der Waals surface area contributed by atoms with Gasteiger partial charge in [0.2, 0.25) is 0 Å². The molecule has 0 fully saturated rings. The average Bonchev–Trinajstić information content (AvgIpc) is 2.44. The van der Waals surface area contributed by atoms with Crippen molar-refractivity contribution in [2.45, 2.75) is 27.2 Å². The summed E-state index contributed by atoms with van der Waals surface area (Å²) in [7, 11) is 0. The van der Waals surface area contributed by atoms with Gasteiger partial charge in [-0.3, -0.25) is 0 Å². The van der Waals surface area contributed by atoms with Gasteiger partial charge in [0.25, 0.3) is 0 Å². The smallest absolute Gasteiger partial charge is 0.170 e. The molecule has 0 saturated heterocycles. The molecule has 0 radical (unpaired) electrons. The zero-order valence-electron chi connectivity index (χ0n) is 13.2. The van der Waals surface area contributed by atoms with Crippen LogP contribution in [0.4, 0.5) is 5.69 Å². The Bertz CT molecular complexity index is 683. The molecule has 0 unspecified atom stereocenters. The lowest BCUT2D eigenvalue weighted by atomic mass is 10.0. The van der Waals surface area contributed by atoms with Gasteiger partial charge in [-0.15, -0.1) is 0 Å². The number of benzene rings is 2. The molecule has 116 valence electrons. The van der Waals surface area contributed by atoms with E-state index in [0.717, 1.165) is 29.2 Å². The molecule has 0 aliphatic carbocycles. The van der Waals surface area contributed by atoms with Crippen LogP contribution in [-0.4, -0.2) is 11.7 Å². The molecular formula is C18H21ClN2S. The molecule has 2 rings (SSSR count). The van der Waals surface area contributed by atoms with Gasteiger partial charge < -0.3 is 10.6 Å². The van der Waals surface area contributed by atoms with Crippen molar-refractivity contribution in [2.75, 3.05) is 11.9 Å². The van der Waals surface area contributed by atoms with E-state index in [4.69, 9.17) is 23.8 Å². The van der Waals surface area contributed by atoms with Gasteiger partial charge in [-0.25, -0.2) is 0 Å². The van der Waals surface area contributed by atoms with Crippen LogP contribution in [-0.2, 0) is 6.42 Å².